The van der Waals surface area contributed by atoms with E-state index in [1.807, 2.05) is 55.5 Å². The molecule has 0 aliphatic heterocycles. The lowest BCUT2D eigenvalue weighted by atomic mass is 10.2. The number of carbonyl (C=O) groups excluding carboxylic acids is 1. The Balaban J connectivity index is 1.78. The largest absolute Gasteiger partial charge is 0.497 e. The highest BCUT2D eigenvalue weighted by molar-refractivity contribution is 5.90. The first-order valence-electron chi connectivity index (χ1n) is 7.10. The fourth-order valence-corrected chi connectivity index (χ4v) is 2.07. The van der Waals surface area contributed by atoms with E-state index in [-0.39, 0.29) is 6.03 Å². The summed E-state index contributed by atoms with van der Waals surface area (Å²) < 4.78 is 6.35. The van der Waals surface area contributed by atoms with Crippen LogP contribution >= 0.6 is 0 Å². The summed E-state index contributed by atoms with van der Waals surface area (Å²) in [6.45, 7) is 1.99. The zero-order valence-corrected chi connectivity index (χ0v) is 12.9. The van der Waals surface area contributed by atoms with E-state index in [1.54, 1.807) is 7.11 Å². The third-order valence-corrected chi connectivity index (χ3v) is 3.33. The number of methoxy groups -OCH3 is 1. The minimum Gasteiger partial charge on any atom is -0.497 e. The molecule has 0 aliphatic carbocycles. The van der Waals surface area contributed by atoms with Crippen LogP contribution in [0.4, 0.5) is 10.5 Å². The fraction of sp³-hybridized carbons (Fsp3) is 0.118. The van der Waals surface area contributed by atoms with Gasteiger partial charge in [-0.05, 0) is 31.2 Å². The third-order valence-electron chi connectivity index (χ3n) is 3.33. The molecule has 0 bridgehead atoms. The number of anilines is 1. The maximum absolute atomic E-state index is 12.2. The van der Waals surface area contributed by atoms with Gasteiger partial charge in [-0.15, -0.1) is 5.10 Å². The van der Waals surface area contributed by atoms with Gasteiger partial charge in [0.1, 0.15) is 12.1 Å². The van der Waals surface area contributed by atoms with Crippen molar-refractivity contribution in [1.82, 2.24) is 14.8 Å². The molecule has 3 aromatic rings. The molecule has 0 saturated carbocycles. The normalized spacial score (nSPS) is 10.3. The van der Waals surface area contributed by atoms with Crippen molar-refractivity contribution < 1.29 is 9.53 Å². The molecule has 6 heteroatoms. The van der Waals surface area contributed by atoms with Gasteiger partial charge in [0.15, 0.2) is 5.82 Å². The van der Waals surface area contributed by atoms with E-state index in [2.05, 4.69) is 15.4 Å². The molecule has 0 atom stereocenters. The lowest BCUT2D eigenvalue weighted by Crippen LogP contribution is -2.19. The first kappa shape index (κ1) is 14.8. The molecule has 1 aromatic heterocycles. The van der Waals surface area contributed by atoms with Gasteiger partial charge in [0.25, 0.3) is 0 Å². The quantitative estimate of drug-likeness (QED) is 0.805. The highest BCUT2D eigenvalue weighted by Crippen LogP contribution is 2.20. The van der Waals surface area contributed by atoms with Gasteiger partial charge in [-0.25, -0.2) is 9.78 Å². The van der Waals surface area contributed by atoms with Crippen molar-refractivity contribution in [3.8, 4) is 17.1 Å². The highest BCUT2D eigenvalue weighted by atomic mass is 16.5. The van der Waals surface area contributed by atoms with E-state index in [0.29, 0.717) is 17.3 Å². The van der Waals surface area contributed by atoms with Gasteiger partial charge in [-0.3, -0.25) is 0 Å². The van der Waals surface area contributed by atoms with E-state index in [0.717, 1.165) is 11.1 Å². The summed E-state index contributed by atoms with van der Waals surface area (Å²) >= 11 is 0. The van der Waals surface area contributed by atoms with Crippen LogP contribution in [0, 0.1) is 6.92 Å². The van der Waals surface area contributed by atoms with Crippen LogP contribution in [0.5, 0.6) is 5.75 Å². The summed E-state index contributed by atoms with van der Waals surface area (Å²) in [7, 11) is 1.60. The molecule has 23 heavy (non-hydrogen) atoms. The van der Waals surface area contributed by atoms with Gasteiger partial charge in [-0.1, -0.05) is 29.8 Å². The molecule has 1 heterocycles. The Morgan fingerprint density at radius 3 is 2.70 bits per heavy atom. The SMILES string of the molecule is COc1cccc(-c2ncn(C(=O)Nc3ccc(C)cc3)n2)c1. The van der Waals surface area contributed by atoms with Crippen molar-refractivity contribution in [3.63, 3.8) is 0 Å². The molecule has 3 rings (SSSR count). The van der Waals surface area contributed by atoms with Crippen molar-refractivity contribution in [2.75, 3.05) is 12.4 Å². The van der Waals surface area contributed by atoms with Crippen LogP contribution in [0.2, 0.25) is 0 Å². The second-order valence-electron chi connectivity index (χ2n) is 5.04. The Labute approximate surface area is 133 Å². The number of aryl methyl sites for hydroxylation is 1. The fourth-order valence-electron chi connectivity index (χ4n) is 2.07. The van der Waals surface area contributed by atoms with Gasteiger partial charge in [0, 0.05) is 11.3 Å². The highest BCUT2D eigenvalue weighted by Gasteiger charge is 2.10. The van der Waals surface area contributed by atoms with E-state index in [1.165, 1.54) is 11.0 Å². The van der Waals surface area contributed by atoms with Gasteiger partial charge in [0.2, 0.25) is 0 Å². The van der Waals surface area contributed by atoms with Crippen LogP contribution < -0.4 is 10.1 Å². The molecule has 0 unspecified atom stereocenters. The van der Waals surface area contributed by atoms with Crippen molar-refractivity contribution in [3.05, 3.63) is 60.4 Å². The lowest BCUT2D eigenvalue weighted by Gasteiger charge is -2.04. The number of nitrogens with one attached hydrogen (secondary N) is 1. The first-order valence-corrected chi connectivity index (χ1v) is 7.10. The van der Waals surface area contributed by atoms with Crippen LogP contribution in [0.3, 0.4) is 0 Å². The van der Waals surface area contributed by atoms with E-state index in [9.17, 15) is 4.79 Å². The van der Waals surface area contributed by atoms with Crippen LogP contribution in [0.15, 0.2) is 54.9 Å². The van der Waals surface area contributed by atoms with Gasteiger partial charge in [0.05, 0.1) is 7.11 Å². The summed E-state index contributed by atoms with van der Waals surface area (Å²) in [5.41, 5.74) is 2.62. The summed E-state index contributed by atoms with van der Waals surface area (Å²) in [6, 6.07) is 14.5. The Hall–Kier alpha value is -3.15. The van der Waals surface area contributed by atoms with Crippen LogP contribution in [-0.4, -0.2) is 27.9 Å². The predicted octanol–water partition coefficient (Wildman–Crippen LogP) is 3.34. The number of benzene rings is 2. The zero-order chi connectivity index (χ0) is 16.2. The average Bonchev–Trinajstić information content (AvgIpc) is 3.07. The molecule has 0 radical (unpaired) electrons. The minimum atomic E-state index is -0.365. The standard InChI is InChI=1S/C17H16N4O2/c1-12-6-8-14(9-7-12)19-17(22)21-11-18-16(20-21)13-4-3-5-15(10-13)23-2/h3-11H,1-2H3,(H,19,22). The van der Waals surface area contributed by atoms with Crippen LogP contribution in [-0.2, 0) is 0 Å². The predicted molar refractivity (Wildman–Crippen MR) is 87.6 cm³/mol. The van der Waals surface area contributed by atoms with Crippen molar-refractivity contribution in [2.45, 2.75) is 6.92 Å². The molecule has 6 nitrogen and oxygen atoms in total. The Bertz CT molecular complexity index is 825. The van der Waals surface area contributed by atoms with Crippen molar-refractivity contribution >= 4 is 11.7 Å². The maximum atomic E-state index is 12.2. The Morgan fingerprint density at radius 1 is 1.17 bits per heavy atom. The monoisotopic (exact) mass is 308 g/mol. The number of hydrogen-bond acceptors (Lipinski definition) is 4. The topological polar surface area (TPSA) is 69.0 Å². The number of ether oxygens (including phenoxy) is 1. The second kappa shape index (κ2) is 6.31. The summed E-state index contributed by atoms with van der Waals surface area (Å²) in [4.78, 5) is 16.4. The van der Waals surface area contributed by atoms with Gasteiger partial charge in [-0.2, -0.15) is 4.68 Å². The number of nitrogens with zero attached hydrogens (tertiary/aromatic N) is 3. The number of amides is 1. The molecule has 0 fully saturated rings. The maximum Gasteiger partial charge on any atom is 0.348 e. The molecule has 0 saturated heterocycles. The molecule has 0 spiro atoms. The van der Waals surface area contributed by atoms with E-state index < -0.39 is 0 Å². The molecule has 0 aliphatic rings. The van der Waals surface area contributed by atoms with E-state index in [4.69, 9.17) is 4.74 Å². The molecule has 116 valence electrons. The minimum absolute atomic E-state index is 0.365. The zero-order valence-electron chi connectivity index (χ0n) is 12.9. The van der Waals surface area contributed by atoms with Crippen molar-refractivity contribution in [2.24, 2.45) is 0 Å². The van der Waals surface area contributed by atoms with Crippen molar-refractivity contribution in [1.29, 1.82) is 0 Å². The summed E-state index contributed by atoms with van der Waals surface area (Å²) in [5, 5.41) is 6.98. The summed E-state index contributed by atoms with van der Waals surface area (Å²) in [6.07, 6.45) is 1.39. The molecular weight excluding hydrogens is 292 g/mol. The average molecular weight is 308 g/mol. The third kappa shape index (κ3) is 3.37. The number of carbonyl (C=O) groups is 1. The molecule has 2 aromatic carbocycles. The Kier molecular flexibility index (Phi) is 4.05. The number of hydrogen-bond donors (Lipinski definition) is 1. The second-order valence-corrected chi connectivity index (χ2v) is 5.04. The molecule has 1 N–H and O–H groups in total. The molecule has 1 amide bonds. The number of rotatable bonds is 3. The molecular formula is C17H16N4O2. The van der Waals surface area contributed by atoms with Gasteiger partial charge < -0.3 is 10.1 Å². The smallest absolute Gasteiger partial charge is 0.348 e. The van der Waals surface area contributed by atoms with Crippen LogP contribution in [0.1, 0.15) is 5.56 Å². The van der Waals surface area contributed by atoms with Crippen LogP contribution in [0.25, 0.3) is 11.4 Å². The van der Waals surface area contributed by atoms with E-state index >= 15 is 0 Å². The lowest BCUT2D eigenvalue weighted by molar-refractivity contribution is 0.251. The Morgan fingerprint density at radius 2 is 1.96 bits per heavy atom. The van der Waals surface area contributed by atoms with Gasteiger partial charge >= 0.3 is 6.03 Å². The number of aromatic nitrogens is 3. The first-order chi connectivity index (χ1) is 11.2. The summed E-state index contributed by atoms with van der Waals surface area (Å²) in [5.74, 6) is 1.17.